The Hall–Kier alpha value is -2.37. The van der Waals surface area contributed by atoms with Crippen LogP contribution < -0.4 is 9.47 Å². The SMILES string of the molecule is COc1ccc(CCC2(C3CCCC3)CC(=O)C(=N)C(=O)O2)c(OC)c1. The second-order valence-electron chi connectivity index (χ2n) is 7.09. The molecule has 1 aromatic rings. The third kappa shape index (κ3) is 3.45. The normalized spacial score (nSPS) is 23.8. The zero-order valence-corrected chi connectivity index (χ0v) is 15.3. The number of ketones is 1. The lowest BCUT2D eigenvalue weighted by molar-refractivity contribution is -0.165. The zero-order chi connectivity index (χ0) is 18.7. The Kier molecular flexibility index (Phi) is 5.30. The predicted octanol–water partition coefficient (Wildman–Crippen LogP) is 3.10. The first-order valence-electron chi connectivity index (χ1n) is 9.05. The van der Waals surface area contributed by atoms with Crippen molar-refractivity contribution < 1.29 is 23.8 Å². The number of hydrogen-bond donors (Lipinski definition) is 1. The van der Waals surface area contributed by atoms with Gasteiger partial charge in [0.25, 0.3) is 0 Å². The number of aryl methyl sites for hydroxylation is 1. The Morgan fingerprint density at radius 2 is 1.92 bits per heavy atom. The van der Waals surface area contributed by atoms with Crippen LogP contribution in [0.2, 0.25) is 0 Å². The van der Waals surface area contributed by atoms with E-state index in [0.717, 1.165) is 31.2 Å². The summed E-state index contributed by atoms with van der Waals surface area (Å²) >= 11 is 0. The van der Waals surface area contributed by atoms with Gasteiger partial charge in [-0.05, 0) is 43.2 Å². The molecule has 1 unspecified atom stereocenters. The average Bonchev–Trinajstić information content (AvgIpc) is 3.19. The molecular formula is C20H25NO5. The minimum atomic E-state index is -0.805. The van der Waals surface area contributed by atoms with Gasteiger partial charge in [-0.15, -0.1) is 0 Å². The van der Waals surface area contributed by atoms with Crippen LogP contribution in [0.5, 0.6) is 11.5 Å². The number of methoxy groups -OCH3 is 2. The average molecular weight is 359 g/mol. The topological polar surface area (TPSA) is 85.7 Å². The number of cyclic esters (lactones) is 1. The molecule has 1 heterocycles. The van der Waals surface area contributed by atoms with Crippen molar-refractivity contribution in [1.82, 2.24) is 0 Å². The largest absolute Gasteiger partial charge is 0.497 e. The summed E-state index contributed by atoms with van der Waals surface area (Å²) in [6, 6.07) is 5.63. The molecule has 0 aromatic heterocycles. The van der Waals surface area contributed by atoms with E-state index in [2.05, 4.69) is 0 Å². The number of ether oxygens (including phenoxy) is 3. The summed E-state index contributed by atoms with van der Waals surface area (Å²) in [7, 11) is 3.21. The first-order valence-corrected chi connectivity index (χ1v) is 9.05. The minimum absolute atomic E-state index is 0.112. The Balaban J connectivity index is 1.84. The number of esters is 1. The van der Waals surface area contributed by atoms with Crippen LogP contribution in [-0.2, 0) is 20.7 Å². The molecule has 1 N–H and O–H groups in total. The third-order valence-corrected chi connectivity index (χ3v) is 5.65. The van der Waals surface area contributed by atoms with Gasteiger partial charge in [0, 0.05) is 6.07 Å². The maximum atomic E-state index is 12.2. The van der Waals surface area contributed by atoms with Crippen LogP contribution in [0.15, 0.2) is 18.2 Å². The standard InChI is InChI=1S/C20H25NO5/c1-24-15-8-7-13(17(11-15)25-2)9-10-20(14-5-3-4-6-14)12-16(22)18(21)19(23)26-20/h7-8,11,14,21H,3-6,9-10,12H2,1-2H3. The number of Topliss-reactive ketones (excluding diaryl/α,β-unsaturated/α-hetero) is 1. The van der Waals surface area contributed by atoms with Crippen LogP contribution >= 0.6 is 0 Å². The molecule has 26 heavy (non-hydrogen) atoms. The smallest absolute Gasteiger partial charge is 0.360 e. The summed E-state index contributed by atoms with van der Waals surface area (Å²) < 4.78 is 16.4. The van der Waals surface area contributed by atoms with Crippen molar-refractivity contribution in [2.75, 3.05) is 14.2 Å². The van der Waals surface area contributed by atoms with E-state index in [4.69, 9.17) is 19.6 Å². The molecule has 6 nitrogen and oxygen atoms in total. The number of carbonyl (C=O) groups excluding carboxylic acids is 2. The summed E-state index contributed by atoms with van der Waals surface area (Å²) in [5, 5.41) is 7.60. The fourth-order valence-corrected chi connectivity index (χ4v) is 4.17. The van der Waals surface area contributed by atoms with Gasteiger partial charge < -0.3 is 14.2 Å². The van der Waals surface area contributed by atoms with Gasteiger partial charge in [-0.3, -0.25) is 10.2 Å². The molecule has 0 radical (unpaired) electrons. The molecular weight excluding hydrogens is 334 g/mol. The van der Waals surface area contributed by atoms with Crippen LogP contribution in [-0.4, -0.2) is 37.3 Å². The van der Waals surface area contributed by atoms with E-state index in [9.17, 15) is 9.59 Å². The van der Waals surface area contributed by atoms with Crippen LogP contribution in [0.1, 0.15) is 44.1 Å². The number of rotatable bonds is 6. The Bertz CT molecular complexity index is 701. The fraction of sp³-hybridized carbons (Fsp3) is 0.550. The van der Waals surface area contributed by atoms with E-state index in [0.29, 0.717) is 24.3 Å². The highest BCUT2D eigenvalue weighted by Crippen LogP contribution is 2.44. The van der Waals surface area contributed by atoms with Crippen molar-refractivity contribution in [3.63, 3.8) is 0 Å². The fourth-order valence-electron chi connectivity index (χ4n) is 4.17. The molecule has 1 saturated heterocycles. The van der Waals surface area contributed by atoms with Gasteiger partial charge in [0.2, 0.25) is 0 Å². The summed E-state index contributed by atoms with van der Waals surface area (Å²) in [6.07, 6.45) is 5.35. The van der Waals surface area contributed by atoms with Crippen molar-refractivity contribution in [3.05, 3.63) is 23.8 Å². The lowest BCUT2D eigenvalue weighted by atomic mass is 9.75. The quantitative estimate of drug-likeness (QED) is 0.789. The second kappa shape index (κ2) is 7.48. The molecule has 1 aromatic carbocycles. The number of nitrogens with one attached hydrogen (secondary N) is 1. The highest BCUT2D eigenvalue weighted by Gasteiger charge is 2.49. The lowest BCUT2D eigenvalue weighted by Crippen LogP contribution is -2.52. The van der Waals surface area contributed by atoms with Crippen molar-refractivity contribution in [2.45, 2.75) is 50.5 Å². The first kappa shape index (κ1) is 18.4. The predicted molar refractivity (Wildman–Crippen MR) is 96.0 cm³/mol. The number of carbonyl (C=O) groups is 2. The highest BCUT2D eigenvalue weighted by molar-refractivity contribution is 6.64. The van der Waals surface area contributed by atoms with E-state index in [1.807, 2.05) is 18.2 Å². The van der Waals surface area contributed by atoms with Gasteiger partial charge >= 0.3 is 5.97 Å². The van der Waals surface area contributed by atoms with E-state index >= 15 is 0 Å². The molecule has 3 rings (SSSR count). The minimum Gasteiger partial charge on any atom is -0.497 e. The van der Waals surface area contributed by atoms with Crippen LogP contribution in [0.4, 0.5) is 0 Å². The summed E-state index contributed by atoms with van der Waals surface area (Å²) in [5.41, 5.74) is -0.351. The third-order valence-electron chi connectivity index (χ3n) is 5.65. The van der Waals surface area contributed by atoms with E-state index in [1.165, 1.54) is 0 Å². The molecule has 6 heteroatoms. The van der Waals surface area contributed by atoms with Crippen molar-refractivity contribution >= 4 is 17.5 Å². The Morgan fingerprint density at radius 1 is 1.19 bits per heavy atom. The number of benzene rings is 1. The molecule has 140 valence electrons. The Labute approximate surface area is 153 Å². The molecule has 1 aliphatic heterocycles. The Morgan fingerprint density at radius 3 is 2.54 bits per heavy atom. The van der Waals surface area contributed by atoms with E-state index in [1.54, 1.807) is 14.2 Å². The van der Waals surface area contributed by atoms with E-state index in [-0.39, 0.29) is 12.3 Å². The molecule has 2 fully saturated rings. The molecule has 0 amide bonds. The molecule has 1 atom stereocenters. The maximum Gasteiger partial charge on any atom is 0.360 e. The van der Waals surface area contributed by atoms with Gasteiger partial charge in [-0.25, -0.2) is 4.79 Å². The summed E-state index contributed by atoms with van der Waals surface area (Å²) in [6.45, 7) is 0. The van der Waals surface area contributed by atoms with Gasteiger partial charge in [0.1, 0.15) is 17.1 Å². The summed E-state index contributed by atoms with van der Waals surface area (Å²) in [4.78, 5) is 24.3. The number of hydrogen-bond acceptors (Lipinski definition) is 6. The van der Waals surface area contributed by atoms with Gasteiger partial charge in [-0.2, -0.15) is 0 Å². The highest BCUT2D eigenvalue weighted by atomic mass is 16.6. The molecule has 0 bridgehead atoms. The van der Waals surface area contributed by atoms with Crippen molar-refractivity contribution in [2.24, 2.45) is 5.92 Å². The van der Waals surface area contributed by atoms with Crippen LogP contribution in [0.25, 0.3) is 0 Å². The molecule has 1 saturated carbocycles. The second-order valence-corrected chi connectivity index (χ2v) is 7.09. The van der Waals surface area contributed by atoms with Crippen LogP contribution in [0.3, 0.4) is 0 Å². The summed E-state index contributed by atoms with van der Waals surface area (Å²) in [5.74, 6) is 0.411. The van der Waals surface area contributed by atoms with Crippen molar-refractivity contribution in [3.8, 4) is 11.5 Å². The molecule has 2 aliphatic rings. The van der Waals surface area contributed by atoms with Gasteiger partial charge in [-0.1, -0.05) is 18.9 Å². The first-order chi connectivity index (χ1) is 12.5. The molecule has 1 aliphatic carbocycles. The zero-order valence-electron chi connectivity index (χ0n) is 15.3. The maximum absolute atomic E-state index is 12.2. The van der Waals surface area contributed by atoms with Gasteiger partial charge in [0.15, 0.2) is 11.5 Å². The van der Waals surface area contributed by atoms with Crippen LogP contribution in [0, 0.1) is 11.3 Å². The van der Waals surface area contributed by atoms with Gasteiger partial charge in [0.05, 0.1) is 20.6 Å². The van der Waals surface area contributed by atoms with Crippen molar-refractivity contribution in [1.29, 1.82) is 5.41 Å². The molecule has 0 spiro atoms. The monoisotopic (exact) mass is 359 g/mol. The van der Waals surface area contributed by atoms with E-state index < -0.39 is 23.1 Å². The lowest BCUT2D eigenvalue weighted by Gasteiger charge is -2.41.